The van der Waals surface area contributed by atoms with Crippen LogP contribution >= 0.6 is 0 Å². The number of hydrogen-bond donors (Lipinski definition) is 1. The molecule has 0 bridgehead atoms. The van der Waals surface area contributed by atoms with Crippen LogP contribution in [0.3, 0.4) is 0 Å². The van der Waals surface area contributed by atoms with Crippen molar-refractivity contribution in [2.24, 2.45) is 11.8 Å². The van der Waals surface area contributed by atoms with Crippen LogP contribution in [0, 0.1) is 11.8 Å². The Balaban J connectivity index is 2.20. The molecular formula is C14H24N2O2. The zero-order valence-electron chi connectivity index (χ0n) is 11.8. The van der Waals surface area contributed by atoms with Gasteiger partial charge in [0.2, 0.25) is 11.8 Å². The van der Waals surface area contributed by atoms with Crippen LogP contribution in [0.1, 0.15) is 47.0 Å². The zero-order chi connectivity index (χ0) is 13.5. The predicted octanol–water partition coefficient (Wildman–Crippen LogP) is 1.55. The third-order valence-electron chi connectivity index (χ3n) is 4.63. The number of hydrogen-bond acceptors (Lipinski definition) is 2. The van der Waals surface area contributed by atoms with Crippen molar-refractivity contribution in [1.29, 1.82) is 0 Å². The van der Waals surface area contributed by atoms with E-state index in [1.165, 1.54) is 6.42 Å². The minimum absolute atomic E-state index is 0.0370. The van der Waals surface area contributed by atoms with Crippen LogP contribution in [0.5, 0.6) is 0 Å². The molecule has 0 spiro atoms. The van der Waals surface area contributed by atoms with Crippen LogP contribution in [-0.4, -0.2) is 34.8 Å². The lowest BCUT2D eigenvalue weighted by Gasteiger charge is -2.46. The Morgan fingerprint density at radius 3 is 2.56 bits per heavy atom. The average Bonchev–Trinajstić information content (AvgIpc) is 2.27. The number of piperazine rings is 1. The van der Waals surface area contributed by atoms with E-state index in [4.69, 9.17) is 0 Å². The van der Waals surface area contributed by atoms with Crippen LogP contribution in [-0.2, 0) is 9.59 Å². The fourth-order valence-electron chi connectivity index (χ4n) is 3.29. The van der Waals surface area contributed by atoms with Gasteiger partial charge in [-0.2, -0.15) is 0 Å². The molecule has 1 heterocycles. The fourth-order valence-corrected chi connectivity index (χ4v) is 3.29. The number of carbonyl (C=O) groups excluding carboxylic acids is 2. The van der Waals surface area contributed by atoms with E-state index in [2.05, 4.69) is 19.2 Å². The van der Waals surface area contributed by atoms with Gasteiger partial charge in [-0.15, -0.1) is 0 Å². The lowest BCUT2D eigenvalue weighted by Crippen LogP contribution is -2.67. The third-order valence-corrected chi connectivity index (χ3v) is 4.63. The minimum Gasteiger partial charge on any atom is -0.341 e. The maximum atomic E-state index is 12.5. The fraction of sp³-hybridized carbons (Fsp3) is 0.857. The molecule has 1 aliphatic heterocycles. The molecule has 0 aromatic carbocycles. The highest BCUT2D eigenvalue weighted by Gasteiger charge is 2.44. The predicted molar refractivity (Wildman–Crippen MR) is 69.9 cm³/mol. The lowest BCUT2D eigenvalue weighted by molar-refractivity contribution is -0.153. The summed E-state index contributed by atoms with van der Waals surface area (Å²) in [7, 11) is 0. The molecule has 4 heteroatoms. The zero-order valence-corrected chi connectivity index (χ0v) is 11.8. The summed E-state index contributed by atoms with van der Waals surface area (Å²) in [5, 5.41) is 2.77. The third kappa shape index (κ3) is 2.25. The molecule has 2 aliphatic rings. The highest BCUT2D eigenvalue weighted by molar-refractivity contribution is 5.97. The van der Waals surface area contributed by atoms with Crippen molar-refractivity contribution in [3.05, 3.63) is 0 Å². The molecule has 3 unspecified atom stereocenters. The van der Waals surface area contributed by atoms with E-state index in [1.807, 2.05) is 4.90 Å². The highest BCUT2D eigenvalue weighted by atomic mass is 16.2. The maximum Gasteiger partial charge on any atom is 0.248 e. The molecule has 3 atom stereocenters. The van der Waals surface area contributed by atoms with Gasteiger partial charge in [0, 0.05) is 6.04 Å². The molecule has 0 aromatic heterocycles. The molecule has 2 amide bonds. The van der Waals surface area contributed by atoms with Gasteiger partial charge in [-0.25, -0.2) is 0 Å². The molecule has 4 nitrogen and oxygen atoms in total. The van der Waals surface area contributed by atoms with E-state index in [-0.39, 0.29) is 24.4 Å². The van der Waals surface area contributed by atoms with Gasteiger partial charge in [0.25, 0.3) is 0 Å². The van der Waals surface area contributed by atoms with Gasteiger partial charge in [0.05, 0.1) is 6.54 Å². The van der Waals surface area contributed by atoms with Crippen LogP contribution < -0.4 is 5.32 Å². The highest BCUT2D eigenvalue weighted by Crippen LogP contribution is 2.34. The first kappa shape index (κ1) is 13.4. The van der Waals surface area contributed by atoms with E-state index >= 15 is 0 Å². The Hall–Kier alpha value is -1.06. The second kappa shape index (κ2) is 4.56. The monoisotopic (exact) mass is 252 g/mol. The molecule has 1 N–H and O–H groups in total. The normalized spacial score (nSPS) is 36.4. The number of rotatable bonds is 1. The number of amides is 2. The summed E-state index contributed by atoms with van der Waals surface area (Å²) in [4.78, 5) is 26.0. The smallest absolute Gasteiger partial charge is 0.248 e. The van der Waals surface area contributed by atoms with E-state index < -0.39 is 5.54 Å². The van der Waals surface area contributed by atoms with Crippen LogP contribution in [0.25, 0.3) is 0 Å². The van der Waals surface area contributed by atoms with Crippen LogP contribution in [0.4, 0.5) is 0 Å². The quantitative estimate of drug-likeness (QED) is 0.769. The first-order valence-corrected chi connectivity index (χ1v) is 6.95. The Morgan fingerprint density at radius 1 is 1.22 bits per heavy atom. The van der Waals surface area contributed by atoms with Gasteiger partial charge in [-0.3, -0.25) is 9.59 Å². The molecule has 18 heavy (non-hydrogen) atoms. The Kier molecular flexibility index (Phi) is 3.39. The summed E-state index contributed by atoms with van der Waals surface area (Å²) in [6.45, 7) is 8.26. The summed E-state index contributed by atoms with van der Waals surface area (Å²) in [5.41, 5.74) is -0.754. The number of nitrogens with zero attached hydrogens (tertiary/aromatic N) is 1. The lowest BCUT2D eigenvalue weighted by atomic mass is 9.76. The topological polar surface area (TPSA) is 49.4 Å². The van der Waals surface area contributed by atoms with Gasteiger partial charge in [-0.05, 0) is 32.1 Å². The van der Waals surface area contributed by atoms with Gasteiger partial charge < -0.3 is 10.2 Å². The maximum absolute atomic E-state index is 12.5. The molecule has 1 aliphatic carbocycles. The van der Waals surface area contributed by atoms with E-state index in [9.17, 15) is 9.59 Å². The van der Waals surface area contributed by atoms with Crippen molar-refractivity contribution in [2.75, 3.05) is 6.54 Å². The first-order valence-electron chi connectivity index (χ1n) is 6.95. The molecule has 2 fully saturated rings. The summed E-state index contributed by atoms with van der Waals surface area (Å²) < 4.78 is 0. The molecule has 2 rings (SSSR count). The SMILES string of the molecule is CC1CCCC(N2CC(=O)NC(C)(C)C2=O)C1C. The Labute approximate surface area is 109 Å². The second-order valence-corrected chi connectivity index (χ2v) is 6.44. The van der Waals surface area contributed by atoms with E-state index in [1.54, 1.807) is 13.8 Å². The molecule has 0 radical (unpaired) electrons. The largest absolute Gasteiger partial charge is 0.341 e. The number of nitrogens with one attached hydrogen (secondary N) is 1. The summed E-state index contributed by atoms with van der Waals surface area (Å²) in [6.07, 6.45) is 3.41. The van der Waals surface area contributed by atoms with E-state index in [0.29, 0.717) is 11.8 Å². The van der Waals surface area contributed by atoms with Crippen molar-refractivity contribution >= 4 is 11.8 Å². The summed E-state index contributed by atoms with van der Waals surface area (Å²) in [5.74, 6) is 1.13. The summed E-state index contributed by atoms with van der Waals surface area (Å²) in [6, 6.07) is 0.228. The van der Waals surface area contributed by atoms with Crippen molar-refractivity contribution < 1.29 is 9.59 Å². The van der Waals surface area contributed by atoms with Crippen molar-refractivity contribution in [1.82, 2.24) is 10.2 Å². The molecular weight excluding hydrogens is 228 g/mol. The van der Waals surface area contributed by atoms with Gasteiger partial charge in [-0.1, -0.05) is 26.7 Å². The van der Waals surface area contributed by atoms with Gasteiger partial charge in [0.1, 0.15) is 5.54 Å². The van der Waals surface area contributed by atoms with E-state index in [0.717, 1.165) is 12.8 Å². The first-order chi connectivity index (χ1) is 8.33. The molecule has 0 aromatic rings. The van der Waals surface area contributed by atoms with Crippen LogP contribution in [0.15, 0.2) is 0 Å². The second-order valence-electron chi connectivity index (χ2n) is 6.44. The van der Waals surface area contributed by atoms with Gasteiger partial charge in [0.15, 0.2) is 0 Å². The van der Waals surface area contributed by atoms with Gasteiger partial charge >= 0.3 is 0 Å². The molecule has 1 saturated carbocycles. The summed E-state index contributed by atoms with van der Waals surface area (Å²) >= 11 is 0. The number of carbonyl (C=O) groups is 2. The average molecular weight is 252 g/mol. The molecule has 1 saturated heterocycles. The minimum atomic E-state index is -0.754. The van der Waals surface area contributed by atoms with Crippen molar-refractivity contribution in [3.8, 4) is 0 Å². The Bertz CT molecular complexity index is 365. The van der Waals surface area contributed by atoms with Crippen molar-refractivity contribution in [3.63, 3.8) is 0 Å². The van der Waals surface area contributed by atoms with Crippen LogP contribution in [0.2, 0.25) is 0 Å². The molecule has 102 valence electrons. The van der Waals surface area contributed by atoms with Crippen molar-refractivity contribution in [2.45, 2.75) is 58.5 Å². The Morgan fingerprint density at radius 2 is 1.89 bits per heavy atom. The standard InChI is InChI=1S/C14H24N2O2/c1-9-6-5-7-11(10(9)2)16-8-12(17)15-14(3,4)13(16)18/h9-11H,5-8H2,1-4H3,(H,15,17).